The summed E-state index contributed by atoms with van der Waals surface area (Å²) in [5.41, 5.74) is 2.62. The van der Waals surface area contributed by atoms with Crippen LogP contribution in [0.4, 0.5) is 0 Å². The van der Waals surface area contributed by atoms with E-state index < -0.39 is 0 Å². The summed E-state index contributed by atoms with van der Waals surface area (Å²) < 4.78 is 1.86. The smallest absolute Gasteiger partial charge is 0.0926 e. The van der Waals surface area contributed by atoms with Gasteiger partial charge in [-0.15, -0.1) is 0 Å². The Morgan fingerprint density at radius 3 is 2.57 bits per heavy atom. The average Bonchev–Trinajstić information content (AvgIpc) is 2.41. The molecule has 0 bridgehead atoms. The van der Waals surface area contributed by atoms with Gasteiger partial charge in [0.15, 0.2) is 0 Å². The Morgan fingerprint density at radius 1 is 1.21 bits per heavy atom. The fourth-order valence-corrected chi connectivity index (χ4v) is 1.61. The summed E-state index contributed by atoms with van der Waals surface area (Å²) in [5.74, 6) is 0. The molecule has 0 saturated carbocycles. The Balaban J connectivity index is 2.62. The summed E-state index contributed by atoms with van der Waals surface area (Å²) in [4.78, 5) is 0. The molecule has 0 aliphatic carbocycles. The van der Waals surface area contributed by atoms with E-state index in [-0.39, 0.29) is 5.41 Å². The summed E-state index contributed by atoms with van der Waals surface area (Å²) in [6.07, 6.45) is 2.04. The van der Waals surface area contributed by atoms with Crippen LogP contribution in [0.3, 0.4) is 0 Å². The van der Waals surface area contributed by atoms with Crippen molar-refractivity contribution in [3.63, 3.8) is 0 Å². The van der Waals surface area contributed by atoms with E-state index in [4.69, 9.17) is 0 Å². The lowest BCUT2D eigenvalue weighted by molar-refractivity contribution is 0.591. The lowest BCUT2D eigenvalue weighted by Gasteiger charge is -2.18. The fraction of sp³-hybridized carbons (Fsp3) is 0.417. The van der Waals surface area contributed by atoms with Gasteiger partial charge in [-0.3, -0.25) is 4.68 Å². The monoisotopic (exact) mass is 188 g/mol. The molecule has 0 atom stereocenters. The van der Waals surface area contributed by atoms with Crippen LogP contribution in [0.5, 0.6) is 0 Å². The van der Waals surface area contributed by atoms with Crippen LogP contribution in [0, 0.1) is 0 Å². The average molecular weight is 188 g/mol. The van der Waals surface area contributed by atoms with Gasteiger partial charge in [0.05, 0.1) is 5.52 Å². The molecular weight excluding hydrogens is 172 g/mol. The molecule has 0 amide bonds. The molecule has 1 heterocycles. The Hall–Kier alpha value is -1.31. The number of nitrogens with zero attached hydrogens (tertiary/aromatic N) is 2. The predicted octanol–water partition coefficient (Wildman–Crippen LogP) is 2.87. The van der Waals surface area contributed by atoms with Crippen LogP contribution in [0.1, 0.15) is 26.3 Å². The molecule has 14 heavy (non-hydrogen) atoms. The van der Waals surface area contributed by atoms with E-state index in [1.807, 2.05) is 17.9 Å². The maximum Gasteiger partial charge on any atom is 0.0926 e. The highest BCUT2D eigenvalue weighted by Crippen LogP contribution is 2.25. The summed E-state index contributed by atoms with van der Waals surface area (Å²) in [5, 5.41) is 5.61. The summed E-state index contributed by atoms with van der Waals surface area (Å²) in [7, 11) is 1.96. The van der Waals surface area contributed by atoms with Crippen molar-refractivity contribution >= 4 is 10.9 Å². The van der Waals surface area contributed by atoms with Crippen molar-refractivity contribution < 1.29 is 0 Å². The van der Waals surface area contributed by atoms with Gasteiger partial charge in [0.2, 0.25) is 0 Å². The maximum absolute atomic E-state index is 4.40. The van der Waals surface area contributed by atoms with E-state index in [1.165, 1.54) is 10.9 Å². The summed E-state index contributed by atoms with van der Waals surface area (Å²) >= 11 is 0. The van der Waals surface area contributed by atoms with Crippen molar-refractivity contribution in [3.05, 3.63) is 30.0 Å². The van der Waals surface area contributed by atoms with E-state index in [0.29, 0.717) is 0 Å². The van der Waals surface area contributed by atoms with Gasteiger partial charge in [-0.05, 0) is 17.0 Å². The van der Waals surface area contributed by atoms with Crippen molar-refractivity contribution in [1.29, 1.82) is 0 Å². The number of hydrogen-bond donors (Lipinski definition) is 0. The van der Waals surface area contributed by atoms with Gasteiger partial charge < -0.3 is 0 Å². The molecule has 0 fully saturated rings. The molecule has 0 saturated heterocycles. The van der Waals surface area contributed by atoms with Gasteiger partial charge >= 0.3 is 0 Å². The number of rotatable bonds is 0. The van der Waals surface area contributed by atoms with E-state index in [9.17, 15) is 0 Å². The zero-order valence-corrected chi connectivity index (χ0v) is 9.20. The van der Waals surface area contributed by atoms with Gasteiger partial charge in [0.25, 0.3) is 0 Å². The normalized spacial score (nSPS) is 12.3. The molecule has 1 aromatic carbocycles. The molecule has 0 spiro atoms. The second-order valence-corrected chi connectivity index (χ2v) is 4.83. The van der Waals surface area contributed by atoms with Crippen molar-refractivity contribution in [1.82, 2.24) is 9.78 Å². The van der Waals surface area contributed by atoms with Crippen molar-refractivity contribution in [2.75, 3.05) is 0 Å². The first kappa shape index (κ1) is 9.25. The van der Waals surface area contributed by atoms with E-state index in [1.54, 1.807) is 0 Å². The zero-order chi connectivity index (χ0) is 10.3. The number of fused-ring (bicyclic) bond motifs is 1. The molecule has 2 heteroatoms. The van der Waals surface area contributed by atoms with Crippen molar-refractivity contribution in [2.45, 2.75) is 26.2 Å². The predicted molar refractivity (Wildman–Crippen MR) is 59.4 cm³/mol. The fourth-order valence-electron chi connectivity index (χ4n) is 1.61. The highest BCUT2D eigenvalue weighted by Gasteiger charge is 2.14. The maximum atomic E-state index is 4.40. The first-order valence-corrected chi connectivity index (χ1v) is 4.91. The number of hydrogen-bond acceptors (Lipinski definition) is 1. The second kappa shape index (κ2) is 2.84. The molecular formula is C12H16N2. The third-order valence-electron chi connectivity index (χ3n) is 2.49. The molecule has 0 aliphatic rings. The lowest BCUT2D eigenvalue weighted by atomic mass is 9.87. The van der Waals surface area contributed by atoms with Crippen LogP contribution in [-0.2, 0) is 12.5 Å². The highest BCUT2D eigenvalue weighted by atomic mass is 15.2. The molecule has 0 aliphatic heterocycles. The van der Waals surface area contributed by atoms with Gasteiger partial charge in [0.1, 0.15) is 0 Å². The van der Waals surface area contributed by atoms with Crippen LogP contribution in [0.25, 0.3) is 10.9 Å². The molecule has 0 N–H and O–H groups in total. The number of benzene rings is 1. The van der Waals surface area contributed by atoms with Crippen LogP contribution < -0.4 is 0 Å². The minimum atomic E-state index is 0.200. The summed E-state index contributed by atoms with van der Waals surface area (Å²) in [6, 6.07) is 6.50. The molecule has 1 aromatic heterocycles. The van der Waals surface area contributed by atoms with Crippen molar-refractivity contribution in [3.8, 4) is 0 Å². The summed E-state index contributed by atoms with van der Waals surface area (Å²) in [6.45, 7) is 6.66. The highest BCUT2D eigenvalue weighted by molar-refractivity contribution is 5.78. The Kier molecular flexibility index (Phi) is 1.88. The van der Waals surface area contributed by atoms with Crippen LogP contribution in [0.2, 0.25) is 0 Å². The van der Waals surface area contributed by atoms with Crippen molar-refractivity contribution in [2.24, 2.45) is 7.05 Å². The zero-order valence-electron chi connectivity index (χ0n) is 9.20. The van der Waals surface area contributed by atoms with Crippen LogP contribution in [-0.4, -0.2) is 9.78 Å². The molecule has 2 aromatic rings. The van der Waals surface area contributed by atoms with E-state index in [2.05, 4.69) is 44.1 Å². The quantitative estimate of drug-likeness (QED) is 0.621. The van der Waals surface area contributed by atoms with Crippen LogP contribution in [0.15, 0.2) is 24.4 Å². The molecule has 2 nitrogen and oxygen atoms in total. The van der Waals surface area contributed by atoms with Crippen LogP contribution >= 0.6 is 0 Å². The van der Waals surface area contributed by atoms with Gasteiger partial charge in [-0.2, -0.15) is 5.10 Å². The van der Waals surface area contributed by atoms with E-state index >= 15 is 0 Å². The van der Waals surface area contributed by atoms with Gasteiger partial charge in [0, 0.05) is 18.6 Å². The van der Waals surface area contributed by atoms with Gasteiger partial charge in [-0.1, -0.05) is 32.9 Å². The van der Waals surface area contributed by atoms with E-state index in [0.717, 1.165) is 5.52 Å². The largest absolute Gasteiger partial charge is 0.275 e. The SMILES string of the molecule is Cn1cc2ccc(C(C)(C)C)cc2n1. The number of aromatic nitrogens is 2. The third-order valence-corrected chi connectivity index (χ3v) is 2.49. The molecule has 0 radical (unpaired) electrons. The first-order valence-electron chi connectivity index (χ1n) is 4.91. The molecule has 2 rings (SSSR count). The van der Waals surface area contributed by atoms with Gasteiger partial charge in [-0.25, -0.2) is 0 Å². The topological polar surface area (TPSA) is 17.8 Å². The number of aryl methyl sites for hydroxylation is 1. The third kappa shape index (κ3) is 1.52. The standard InChI is InChI=1S/C12H16N2/c1-12(2,3)10-6-5-9-8-14(4)13-11(9)7-10/h5-8H,1-4H3. The lowest BCUT2D eigenvalue weighted by Crippen LogP contribution is -2.10. The second-order valence-electron chi connectivity index (χ2n) is 4.83. The molecule has 74 valence electrons. The first-order chi connectivity index (χ1) is 6.47. The Labute approximate surface area is 84.5 Å². The molecule has 0 unspecified atom stereocenters. The minimum absolute atomic E-state index is 0.200. The minimum Gasteiger partial charge on any atom is -0.275 e. The Bertz CT molecular complexity index is 461. The Morgan fingerprint density at radius 2 is 1.93 bits per heavy atom.